The fraction of sp³-hybridized carbons (Fsp3) is 0.667. The van der Waals surface area contributed by atoms with Gasteiger partial charge in [0.2, 0.25) is 0 Å². The van der Waals surface area contributed by atoms with Crippen molar-refractivity contribution in [1.29, 1.82) is 0 Å². The minimum absolute atomic E-state index is 0.550. The second-order valence-corrected chi connectivity index (χ2v) is 6.88. The van der Waals surface area contributed by atoms with Crippen LogP contribution in [0.2, 0.25) is 0 Å². The van der Waals surface area contributed by atoms with Gasteiger partial charge in [0.1, 0.15) is 0 Å². The smallest absolute Gasteiger partial charge is 0.0348 e. The van der Waals surface area contributed by atoms with Crippen LogP contribution in [0.1, 0.15) is 57.6 Å². The summed E-state index contributed by atoms with van der Waals surface area (Å²) in [6.07, 6.45) is 9.13. The summed E-state index contributed by atoms with van der Waals surface area (Å²) < 4.78 is 0. The van der Waals surface area contributed by atoms with Crippen LogP contribution >= 0.6 is 11.8 Å². The molecule has 1 aromatic carbocycles. The Balaban J connectivity index is 2.06. The first kappa shape index (κ1) is 15.9. The van der Waals surface area contributed by atoms with Gasteiger partial charge in [-0.3, -0.25) is 0 Å². The van der Waals surface area contributed by atoms with Gasteiger partial charge in [-0.15, -0.1) is 11.8 Å². The summed E-state index contributed by atoms with van der Waals surface area (Å²) in [5.74, 6) is 1.80. The van der Waals surface area contributed by atoms with Crippen molar-refractivity contribution in [1.82, 2.24) is 5.32 Å². The Kier molecular flexibility index (Phi) is 6.44. The van der Waals surface area contributed by atoms with Crippen molar-refractivity contribution in [3.63, 3.8) is 0 Å². The number of rotatable bonds is 6. The molecule has 0 saturated heterocycles. The highest BCUT2D eigenvalue weighted by Crippen LogP contribution is 2.38. The van der Waals surface area contributed by atoms with E-state index in [-0.39, 0.29) is 0 Å². The zero-order chi connectivity index (χ0) is 14.4. The molecule has 1 atom stereocenters. The van der Waals surface area contributed by atoms with Crippen molar-refractivity contribution < 1.29 is 0 Å². The first-order chi connectivity index (χ1) is 9.78. The number of hydrogen-bond acceptors (Lipinski definition) is 2. The highest BCUT2D eigenvalue weighted by molar-refractivity contribution is 7.98. The SMILES string of the molecule is CCNC(c1ccc(SC)cc1)C1CCC(CC)CC1. The molecule has 1 aliphatic rings. The Labute approximate surface area is 128 Å². The van der Waals surface area contributed by atoms with Crippen molar-refractivity contribution in [2.45, 2.75) is 56.9 Å². The Morgan fingerprint density at radius 3 is 2.25 bits per heavy atom. The molecule has 0 radical (unpaired) electrons. The predicted octanol–water partition coefficient (Wildman–Crippen LogP) is 5.28. The van der Waals surface area contributed by atoms with Crippen LogP contribution in [-0.2, 0) is 0 Å². The van der Waals surface area contributed by atoms with Gasteiger partial charge in [-0.25, -0.2) is 0 Å². The Bertz CT molecular complexity index is 379. The fourth-order valence-electron chi connectivity index (χ4n) is 3.52. The third kappa shape index (κ3) is 4.02. The lowest BCUT2D eigenvalue weighted by Gasteiger charge is -2.34. The molecule has 0 amide bonds. The van der Waals surface area contributed by atoms with Crippen LogP contribution in [-0.4, -0.2) is 12.8 Å². The molecule has 1 nitrogen and oxygen atoms in total. The topological polar surface area (TPSA) is 12.0 Å². The van der Waals surface area contributed by atoms with Crippen molar-refractivity contribution in [3.8, 4) is 0 Å². The molecular formula is C18H29NS. The molecule has 1 aromatic rings. The first-order valence-electron chi connectivity index (χ1n) is 8.15. The van der Waals surface area contributed by atoms with E-state index in [9.17, 15) is 0 Å². The molecule has 0 bridgehead atoms. The molecule has 0 heterocycles. The molecule has 20 heavy (non-hydrogen) atoms. The van der Waals surface area contributed by atoms with E-state index < -0.39 is 0 Å². The maximum absolute atomic E-state index is 3.73. The van der Waals surface area contributed by atoms with E-state index in [2.05, 4.69) is 49.7 Å². The number of hydrogen-bond donors (Lipinski definition) is 1. The third-order valence-electron chi connectivity index (χ3n) is 4.84. The molecule has 0 aromatic heterocycles. The van der Waals surface area contributed by atoms with Crippen LogP contribution in [0.3, 0.4) is 0 Å². The third-order valence-corrected chi connectivity index (χ3v) is 5.58. The Hall–Kier alpha value is -0.470. The summed E-state index contributed by atoms with van der Waals surface area (Å²) in [6.45, 7) is 5.62. The molecule has 112 valence electrons. The average molecular weight is 292 g/mol. The van der Waals surface area contributed by atoms with Crippen LogP contribution in [0.5, 0.6) is 0 Å². The number of nitrogens with one attached hydrogen (secondary N) is 1. The summed E-state index contributed by atoms with van der Waals surface area (Å²) in [5.41, 5.74) is 1.48. The minimum atomic E-state index is 0.550. The van der Waals surface area contributed by atoms with Crippen LogP contribution in [0, 0.1) is 11.8 Å². The molecule has 2 rings (SSSR count). The Morgan fingerprint density at radius 2 is 1.75 bits per heavy atom. The van der Waals surface area contributed by atoms with Gasteiger partial charge in [0.15, 0.2) is 0 Å². The fourth-order valence-corrected chi connectivity index (χ4v) is 3.93. The van der Waals surface area contributed by atoms with Gasteiger partial charge >= 0.3 is 0 Å². The summed E-state index contributed by atoms with van der Waals surface area (Å²) in [6, 6.07) is 9.73. The van der Waals surface area contributed by atoms with E-state index in [1.165, 1.54) is 42.6 Å². The molecule has 0 spiro atoms. The van der Waals surface area contributed by atoms with E-state index >= 15 is 0 Å². The van der Waals surface area contributed by atoms with Crippen molar-refractivity contribution >= 4 is 11.8 Å². The number of thioether (sulfide) groups is 1. The minimum Gasteiger partial charge on any atom is -0.310 e. The standard InChI is InChI=1S/C18H29NS/c1-4-14-6-8-15(9-7-14)18(19-5-2)16-10-12-17(20-3)13-11-16/h10-15,18-19H,4-9H2,1-3H3. The normalized spacial score (nSPS) is 24.6. The van der Waals surface area contributed by atoms with Crippen LogP contribution in [0.15, 0.2) is 29.2 Å². The van der Waals surface area contributed by atoms with E-state index in [0.717, 1.165) is 18.4 Å². The summed E-state index contributed by atoms with van der Waals surface area (Å²) in [7, 11) is 0. The molecule has 2 heteroatoms. The highest BCUT2D eigenvalue weighted by Gasteiger charge is 2.27. The van der Waals surface area contributed by atoms with E-state index in [1.54, 1.807) is 0 Å². The maximum Gasteiger partial charge on any atom is 0.0348 e. The van der Waals surface area contributed by atoms with Crippen LogP contribution in [0.25, 0.3) is 0 Å². The summed E-state index contributed by atoms with van der Waals surface area (Å²) in [4.78, 5) is 1.36. The van der Waals surface area contributed by atoms with E-state index in [0.29, 0.717) is 6.04 Å². The predicted molar refractivity (Wildman–Crippen MR) is 90.4 cm³/mol. The van der Waals surface area contributed by atoms with Gasteiger partial charge in [0.25, 0.3) is 0 Å². The van der Waals surface area contributed by atoms with Crippen molar-refractivity contribution in [3.05, 3.63) is 29.8 Å². The van der Waals surface area contributed by atoms with Gasteiger partial charge in [0, 0.05) is 10.9 Å². The second kappa shape index (κ2) is 8.09. The van der Waals surface area contributed by atoms with Crippen LogP contribution < -0.4 is 5.32 Å². The number of benzene rings is 1. The van der Waals surface area contributed by atoms with Crippen molar-refractivity contribution in [2.24, 2.45) is 11.8 Å². The first-order valence-corrected chi connectivity index (χ1v) is 9.38. The van der Waals surface area contributed by atoms with Gasteiger partial charge in [-0.2, -0.15) is 0 Å². The Morgan fingerprint density at radius 1 is 1.10 bits per heavy atom. The van der Waals surface area contributed by atoms with Crippen molar-refractivity contribution in [2.75, 3.05) is 12.8 Å². The quantitative estimate of drug-likeness (QED) is 0.716. The molecule has 1 aliphatic carbocycles. The lowest BCUT2D eigenvalue weighted by molar-refractivity contribution is 0.220. The van der Waals surface area contributed by atoms with Gasteiger partial charge in [0.05, 0.1) is 0 Å². The van der Waals surface area contributed by atoms with E-state index in [1.807, 2.05) is 11.8 Å². The average Bonchev–Trinajstić information content (AvgIpc) is 2.53. The van der Waals surface area contributed by atoms with Gasteiger partial charge in [-0.05, 0) is 55.2 Å². The van der Waals surface area contributed by atoms with Crippen LogP contribution in [0.4, 0.5) is 0 Å². The lowest BCUT2D eigenvalue weighted by atomic mass is 9.76. The zero-order valence-electron chi connectivity index (χ0n) is 13.2. The summed E-state index contributed by atoms with van der Waals surface area (Å²) >= 11 is 1.82. The largest absolute Gasteiger partial charge is 0.310 e. The molecule has 0 aliphatic heterocycles. The van der Waals surface area contributed by atoms with Gasteiger partial charge < -0.3 is 5.32 Å². The maximum atomic E-state index is 3.73. The van der Waals surface area contributed by atoms with E-state index in [4.69, 9.17) is 0 Å². The molecule has 1 fully saturated rings. The molecule has 1 saturated carbocycles. The monoisotopic (exact) mass is 291 g/mol. The van der Waals surface area contributed by atoms with Gasteiger partial charge in [-0.1, -0.05) is 45.2 Å². The zero-order valence-corrected chi connectivity index (χ0v) is 14.0. The molecular weight excluding hydrogens is 262 g/mol. The highest BCUT2D eigenvalue weighted by atomic mass is 32.2. The molecule has 1 unspecified atom stereocenters. The summed E-state index contributed by atoms with van der Waals surface area (Å²) in [5, 5.41) is 3.73. The lowest BCUT2D eigenvalue weighted by Crippen LogP contribution is -2.31. The second-order valence-electron chi connectivity index (χ2n) is 6.00. The molecule has 1 N–H and O–H groups in total.